The van der Waals surface area contributed by atoms with Crippen LogP contribution in [-0.2, 0) is 0 Å². The summed E-state index contributed by atoms with van der Waals surface area (Å²) in [6, 6.07) is 9.31. The lowest BCUT2D eigenvalue weighted by molar-refractivity contribution is 0.0974. The third-order valence-electron chi connectivity index (χ3n) is 2.73. The molecule has 1 amide bonds. The van der Waals surface area contributed by atoms with Gasteiger partial charge in [0.1, 0.15) is 17.0 Å². The first-order valence-corrected chi connectivity index (χ1v) is 6.29. The Balaban J connectivity index is 2.30. The number of hydrogen-bond acceptors (Lipinski definition) is 4. The normalized spacial score (nSPS) is 10.1. The lowest BCUT2D eigenvalue weighted by Crippen LogP contribution is -2.40. The van der Waals surface area contributed by atoms with Gasteiger partial charge in [0.15, 0.2) is 5.96 Å². The number of aromatic nitrogens is 1. The highest BCUT2D eigenvalue weighted by molar-refractivity contribution is 6.08. The molecular formula is C14H16N4O2. The van der Waals surface area contributed by atoms with Crippen LogP contribution in [0.2, 0.25) is 0 Å². The summed E-state index contributed by atoms with van der Waals surface area (Å²) < 4.78 is 5.11. The van der Waals surface area contributed by atoms with Crippen LogP contribution in [-0.4, -0.2) is 23.6 Å². The van der Waals surface area contributed by atoms with Gasteiger partial charge in [-0.3, -0.25) is 15.5 Å². The number of guanidine groups is 1. The molecule has 0 aliphatic rings. The van der Waals surface area contributed by atoms with Gasteiger partial charge in [-0.25, -0.2) is 0 Å². The Labute approximate surface area is 116 Å². The third-order valence-corrected chi connectivity index (χ3v) is 2.73. The first kappa shape index (κ1) is 13.8. The molecule has 0 saturated carbocycles. The van der Waals surface area contributed by atoms with Crippen molar-refractivity contribution in [2.24, 2.45) is 0 Å². The van der Waals surface area contributed by atoms with Crippen molar-refractivity contribution in [2.45, 2.75) is 13.8 Å². The third kappa shape index (κ3) is 2.85. The second kappa shape index (κ2) is 6.01. The maximum atomic E-state index is 12.2. The summed E-state index contributed by atoms with van der Waals surface area (Å²) >= 11 is 0. The predicted octanol–water partition coefficient (Wildman–Crippen LogP) is 1.92. The lowest BCUT2D eigenvalue weighted by atomic mass is 10.1. The molecule has 20 heavy (non-hydrogen) atoms. The number of amides is 1. The molecule has 1 heterocycles. The summed E-state index contributed by atoms with van der Waals surface area (Å²) in [5.41, 5.74) is 1.62. The fourth-order valence-electron chi connectivity index (χ4n) is 1.83. The molecule has 0 bridgehead atoms. The van der Waals surface area contributed by atoms with E-state index >= 15 is 0 Å². The van der Waals surface area contributed by atoms with Gasteiger partial charge in [0.25, 0.3) is 5.91 Å². The van der Waals surface area contributed by atoms with Crippen LogP contribution in [0.25, 0.3) is 11.3 Å². The van der Waals surface area contributed by atoms with Crippen molar-refractivity contribution in [1.29, 1.82) is 5.41 Å². The summed E-state index contributed by atoms with van der Waals surface area (Å²) in [5.74, 6) is -0.0312. The Bertz CT molecular complexity index is 619. The van der Waals surface area contributed by atoms with Crippen molar-refractivity contribution in [3.8, 4) is 11.3 Å². The quantitative estimate of drug-likeness (QED) is 0.588. The van der Waals surface area contributed by atoms with Crippen LogP contribution >= 0.6 is 0 Å². The van der Waals surface area contributed by atoms with Crippen LogP contribution in [0.4, 0.5) is 0 Å². The zero-order chi connectivity index (χ0) is 14.5. The van der Waals surface area contributed by atoms with Gasteiger partial charge in [-0.1, -0.05) is 35.5 Å². The van der Waals surface area contributed by atoms with Crippen LogP contribution in [0.5, 0.6) is 0 Å². The van der Waals surface area contributed by atoms with E-state index in [2.05, 4.69) is 15.8 Å². The van der Waals surface area contributed by atoms with E-state index in [-0.39, 0.29) is 5.96 Å². The van der Waals surface area contributed by atoms with E-state index in [0.717, 1.165) is 5.56 Å². The van der Waals surface area contributed by atoms with Crippen molar-refractivity contribution < 1.29 is 9.32 Å². The number of hydrogen-bond donors (Lipinski definition) is 3. The molecule has 0 fully saturated rings. The van der Waals surface area contributed by atoms with Crippen molar-refractivity contribution in [2.75, 3.05) is 6.54 Å². The van der Waals surface area contributed by atoms with Gasteiger partial charge in [0, 0.05) is 12.1 Å². The molecule has 1 aromatic carbocycles. The zero-order valence-corrected chi connectivity index (χ0v) is 11.4. The number of carbonyl (C=O) groups excluding carboxylic acids is 1. The van der Waals surface area contributed by atoms with Gasteiger partial charge in [-0.2, -0.15) is 0 Å². The molecular weight excluding hydrogens is 256 g/mol. The minimum atomic E-state index is -0.409. The second-order valence-corrected chi connectivity index (χ2v) is 4.19. The average Bonchev–Trinajstić information content (AvgIpc) is 2.82. The van der Waals surface area contributed by atoms with Crippen molar-refractivity contribution in [1.82, 2.24) is 15.8 Å². The van der Waals surface area contributed by atoms with Gasteiger partial charge in [0.05, 0.1) is 0 Å². The highest BCUT2D eigenvalue weighted by atomic mass is 16.5. The maximum Gasteiger partial charge on any atom is 0.263 e. The van der Waals surface area contributed by atoms with E-state index in [0.29, 0.717) is 23.6 Å². The highest BCUT2D eigenvalue weighted by Gasteiger charge is 2.22. The second-order valence-electron chi connectivity index (χ2n) is 4.19. The SMILES string of the molecule is CCNC(=N)NC(=O)c1c(-c2ccccc2)noc1C. The standard InChI is InChI=1S/C14H16N4O2/c1-3-16-14(15)17-13(19)11-9(2)20-18-12(11)10-7-5-4-6-8-10/h4-8H,3H2,1-2H3,(H3,15,16,17,19). The fraction of sp³-hybridized carbons (Fsp3) is 0.214. The Morgan fingerprint density at radius 1 is 1.35 bits per heavy atom. The van der Waals surface area contributed by atoms with Crippen LogP contribution < -0.4 is 10.6 Å². The maximum absolute atomic E-state index is 12.2. The molecule has 6 nitrogen and oxygen atoms in total. The minimum Gasteiger partial charge on any atom is -0.360 e. The van der Waals surface area contributed by atoms with E-state index in [1.807, 2.05) is 37.3 Å². The Hall–Kier alpha value is -2.63. The van der Waals surface area contributed by atoms with E-state index in [1.54, 1.807) is 6.92 Å². The van der Waals surface area contributed by atoms with Crippen molar-refractivity contribution in [3.05, 3.63) is 41.7 Å². The van der Waals surface area contributed by atoms with Gasteiger partial charge in [-0.15, -0.1) is 0 Å². The summed E-state index contributed by atoms with van der Waals surface area (Å²) in [6.07, 6.45) is 0. The van der Waals surface area contributed by atoms with Crippen LogP contribution in [0.3, 0.4) is 0 Å². The molecule has 0 aliphatic carbocycles. The molecule has 104 valence electrons. The largest absolute Gasteiger partial charge is 0.360 e. The van der Waals surface area contributed by atoms with Gasteiger partial charge in [0.2, 0.25) is 0 Å². The molecule has 0 atom stereocenters. The van der Waals surface area contributed by atoms with E-state index in [1.165, 1.54) is 0 Å². The summed E-state index contributed by atoms with van der Waals surface area (Å²) in [5, 5.41) is 16.7. The first-order chi connectivity index (χ1) is 9.63. The number of rotatable bonds is 3. The van der Waals surface area contributed by atoms with Crippen molar-refractivity contribution >= 4 is 11.9 Å². The first-order valence-electron chi connectivity index (χ1n) is 6.29. The van der Waals surface area contributed by atoms with Crippen molar-refractivity contribution in [3.63, 3.8) is 0 Å². The lowest BCUT2D eigenvalue weighted by Gasteiger charge is -2.07. The molecule has 0 spiro atoms. The van der Waals surface area contributed by atoms with Gasteiger partial charge < -0.3 is 9.84 Å². The van der Waals surface area contributed by atoms with Crippen LogP contribution in [0.1, 0.15) is 23.0 Å². The molecule has 0 radical (unpaired) electrons. The van der Waals surface area contributed by atoms with E-state index in [4.69, 9.17) is 9.93 Å². The Morgan fingerprint density at radius 2 is 2.05 bits per heavy atom. The van der Waals surface area contributed by atoms with Gasteiger partial charge >= 0.3 is 0 Å². The number of benzene rings is 1. The monoisotopic (exact) mass is 272 g/mol. The highest BCUT2D eigenvalue weighted by Crippen LogP contribution is 2.24. The molecule has 2 rings (SSSR count). The van der Waals surface area contributed by atoms with E-state index < -0.39 is 5.91 Å². The zero-order valence-electron chi connectivity index (χ0n) is 11.4. The summed E-state index contributed by atoms with van der Waals surface area (Å²) in [4.78, 5) is 12.2. The van der Waals surface area contributed by atoms with Crippen LogP contribution in [0.15, 0.2) is 34.9 Å². The molecule has 3 N–H and O–H groups in total. The van der Waals surface area contributed by atoms with Crippen LogP contribution in [0, 0.1) is 12.3 Å². The molecule has 0 saturated heterocycles. The average molecular weight is 272 g/mol. The molecule has 1 aromatic heterocycles. The number of aryl methyl sites for hydroxylation is 1. The van der Waals surface area contributed by atoms with Gasteiger partial charge in [-0.05, 0) is 13.8 Å². The van der Waals surface area contributed by atoms with E-state index in [9.17, 15) is 4.79 Å². The molecule has 0 aliphatic heterocycles. The fourth-order valence-corrected chi connectivity index (χ4v) is 1.83. The number of carbonyl (C=O) groups is 1. The Kier molecular flexibility index (Phi) is 4.14. The number of nitrogens with one attached hydrogen (secondary N) is 3. The topological polar surface area (TPSA) is 91.0 Å². The minimum absolute atomic E-state index is 0.0443. The Morgan fingerprint density at radius 3 is 2.70 bits per heavy atom. The summed E-state index contributed by atoms with van der Waals surface area (Å²) in [6.45, 7) is 4.08. The molecule has 6 heteroatoms. The smallest absolute Gasteiger partial charge is 0.263 e. The summed E-state index contributed by atoms with van der Waals surface area (Å²) in [7, 11) is 0. The predicted molar refractivity (Wildman–Crippen MR) is 75.5 cm³/mol. The molecule has 2 aromatic rings. The molecule has 0 unspecified atom stereocenters. The number of nitrogens with zero attached hydrogens (tertiary/aromatic N) is 1.